The zero-order valence-corrected chi connectivity index (χ0v) is 19.9. The highest BCUT2D eigenvalue weighted by Crippen LogP contribution is 2.35. The van der Waals surface area contributed by atoms with Crippen LogP contribution in [0.1, 0.15) is 27.7 Å². The van der Waals surface area contributed by atoms with Gasteiger partial charge in [0.1, 0.15) is 11.4 Å². The standard InChI is InChI=1S/C21H18N4O9S2/c1-12-9-15(36(32,33)34)11-18(19(12)26)23-25-20(13-5-3-2-4-6-13)24-22-17-8-7-14(35(29,30)31)10-16(17)21(27)28/h2-11,20,26H,1H3,(H,27,28)(H,29,30,31)(H,32,33,34). The van der Waals surface area contributed by atoms with Crippen molar-refractivity contribution in [3.8, 4) is 5.75 Å². The number of carboxylic acid groups (broad SMARTS) is 1. The number of hydrogen-bond donors (Lipinski definition) is 4. The van der Waals surface area contributed by atoms with Crippen molar-refractivity contribution in [2.24, 2.45) is 20.5 Å². The fourth-order valence-electron chi connectivity index (χ4n) is 2.90. The molecule has 15 heteroatoms. The smallest absolute Gasteiger partial charge is 0.338 e. The summed E-state index contributed by atoms with van der Waals surface area (Å²) in [6, 6.07) is 12.8. The number of hydrogen-bond acceptors (Lipinski definition) is 10. The second-order valence-corrected chi connectivity index (χ2v) is 10.1. The molecule has 3 rings (SSSR count). The second kappa shape index (κ2) is 10.3. The number of rotatable bonds is 8. The van der Waals surface area contributed by atoms with E-state index >= 15 is 0 Å². The second-order valence-electron chi connectivity index (χ2n) is 7.26. The van der Waals surface area contributed by atoms with E-state index in [2.05, 4.69) is 20.5 Å². The van der Waals surface area contributed by atoms with Gasteiger partial charge >= 0.3 is 5.97 Å². The van der Waals surface area contributed by atoms with Crippen molar-refractivity contribution in [2.75, 3.05) is 0 Å². The molecule has 3 aromatic rings. The molecule has 4 N–H and O–H groups in total. The SMILES string of the molecule is Cc1cc(S(=O)(=O)O)cc(N=NC(N=Nc2ccc(S(=O)(=O)O)cc2C(=O)O)c2ccccc2)c1O. The molecule has 0 saturated carbocycles. The first kappa shape index (κ1) is 26.6. The zero-order chi connectivity index (χ0) is 26.7. The number of azo groups is 2. The van der Waals surface area contributed by atoms with Gasteiger partial charge in [0.05, 0.1) is 21.0 Å². The normalized spacial score (nSPS) is 13.3. The van der Waals surface area contributed by atoms with Gasteiger partial charge in [0.2, 0.25) is 6.17 Å². The van der Waals surface area contributed by atoms with Crippen molar-refractivity contribution in [3.63, 3.8) is 0 Å². The van der Waals surface area contributed by atoms with E-state index in [1.165, 1.54) is 6.92 Å². The summed E-state index contributed by atoms with van der Waals surface area (Å²) in [6.07, 6.45) is -1.21. The van der Waals surface area contributed by atoms with Crippen LogP contribution in [-0.2, 0) is 20.2 Å². The minimum atomic E-state index is -4.66. The quantitative estimate of drug-likeness (QED) is 0.236. The lowest BCUT2D eigenvalue weighted by Gasteiger charge is -2.08. The fraction of sp³-hybridized carbons (Fsp3) is 0.0952. The topological polar surface area (TPSA) is 216 Å². The Kier molecular flexibility index (Phi) is 7.59. The van der Waals surface area contributed by atoms with Crippen molar-refractivity contribution >= 4 is 37.6 Å². The average Bonchev–Trinajstić information content (AvgIpc) is 2.80. The van der Waals surface area contributed by atoms with Crippen LogP contribution >= 0.6 is 0 Å². The molecule has 188 valence electrons. The molecule has 0 fully saturated rings. The predicted molar refractivity (Wildman–Crippen MR) is 124 cm³/mol. The summed E-state index contributed by atoms with van der Waals surface area (Å²) in [5.74, 6) is -1.93. The van der Waals surface area contributed by atoms with Crippen molar-refractivity contribution in [2.45, 2.75) is 22.9 Å². The number of aromatic hydroxyl groups is 1. The molecular formula is C21H18N4O9S2. The molecule has 1 atom stereocenters. The maximum atomic E-state index is 11.6. The van der Waals surface area contributed by atoms with Crippen molar-refractivity contribution in [1.82, 2.24) is 0 Å². The van der Waals surface area contributed by atoms with Gasteiger partial charge in [0.25, 0.3) is 20.2 Å². The van der Waals surface area contributed by atoms with Crippen LogP contribution in [0.15, 0.2) is 90.9 Å². The third-order valence-electron chi connectivity index (χ3n) is 4.70. The molecule has 0 saturated heterocycles. The Morgan fingerprint density at radius 1 is 0.806 bits per heavy atom. The van der Waals surface area contributed by atoms with Crippen LogP contribution in [-0.4, -0.2) is 42.1 Å². The summed E-state index contributed by atoms with van der Waals surface area (Å²) in [6.45, 7) is 1.39. The van der Waals surface area contributed by atoms with Crippen LogP contribution in [0.2, 0.25) is 0 Å². The lowest BCUT2D eigenvalue weighted by atomic mass is 10.2. The summed E-state index contributed by atoms with van der Waals surface area (Å²) in [5.41, 5.74) is -0.576. The summed E-state index contributed by atoms with van der Waals surface area (Å²) in [7, 11) is -9.26. The van der Waals surface area contributed by atoms with Crippen molar-refractivity contribution < 1.29 is 40.9 Å². The Bertz CT molecular complexity index is 1590. The van der Waals surface area contributed by atoms with Gasteiger partial charge in [0, 0.05) is 5.56 Å². The fourth-order valence-corrected chi connectivity index (χ4v) is 4.00. The van der Waals surface area contributed by atoms with Crippen LogP contribution < -0.4 is 0 Å². The molecule has 36 heavy (non-hydrogen) atoms. The van der Waals surface area contributed by atoms with Crippen molar-refractivity contribution in [1.29, 1.82) is 0 Å². The Labute approximate surface area is 205 Å². The Morgan fingerprint density at radius 3 is 1.94 bits per heavy atom. The summed E-state index contributed by atoms with van der Waals surface area (Å²) < 4.78 is 64.2. The summed E-state index contributed by atoms with van der Waals surface area (Å²) in [4.78, 5) is 10.4. The third-order valence-corrected chi connectivity index (χ3v) is 6.38. The molecule has 0 amide bonds. The molecule has 0 spiro atoms. The highest BCUT2D eigenvalue weighted by atomic mass is 32.2. The van der Waals surface area contributed by atoms with E-state index in [4.69, 9.17) is 4.55 Å². The molecule has 0 aliphatic rings. The number of carboxylic acids is 1. The van der Waals surface area contributed by atoms with Crippen LogP contribution in [0.3, 0.4) is 0 Å². The third kappa shape index (κ3) is 6.33. The molecule has 1 unspecified atom stereocenters. The molecule has 0 radical (unpaired) electrons. The minimum Gasteiger partial charge on any atom is -0.505 e. The van der Waals surface area contributed by atoms with Gasteiger partial charge in [-0.05, 0) is 42.8 Å². The number of phenolic OH excluding ortho intramolecular Hbond substituents is 1. The van der Waals surface area contributed by atoms with E-state index < -0.39 is 53.5 Å². The largest absolute Gasteiger partial charge is 0.505 e. The monoisotopic (exact) mass is 534 g/mol. The summed E-state index contributed by atoms with van der Waals surface area (Å²) in [5, 5.41) is 35.3. The van der Waals surface area contributed by atoms with E-state index in [0.717, 1.165) is 24.3 Å². The first-order valence-electron chi connectivity index (χ1n) is 9.80. The Balaban J connectivity index is 2.07. The zero-order valence-electron chi connectivity index (χ0n) is 18.3. The van der Waals surface area contributed by atoms with E-state index in [9.17, 15) is 36.4 Å². The molecular weight excluding hydrogens is 516 g/mol. The van der Waals surface area contributed by atoms with E-state index in [-0.39, 0.29) is 16.9 Å². The van der Waals surface area contributed by atoms with E-state index in [1.54, 1.807) is 30.3 Å². The number of nitrogens with zero attached hydrogens (tertiary/aromatic N) is 4. The number of phenols is 1. The summed E-state index contributed by atoms with van der Waals surface area (Å²) >= 11 is 0. The molecule has 0 aliphatic carbocycles. The molecule has 0 aromatic heterocycles. The number of aryl methyl sites for hydroxylation is 1. The molecule has 3 aromatic carbocycles. The number of carbonyl (C=O) groups is 1. The predicted octanol–water partition coefficient (Wildman–Crippen LogP) is 4.46. The van der Waals surface area contributed by atoms with Gasteiger partial charge in [-0.2, -0.15) is 32.2 Å². The molecule has 0 heterocycles. The average molecular weight is 535 g/mol. The van der Waals surface area contributed by atoms with Gasteiger partial charge in [0.15, 0.2) is 0 Å². The number of benzene rings is 3. The first-order chi connectivity index (χ1) is 16.8. The highest BCUT2D eigenvalue weighted by molar-refractivity contribution is 7.86. The van der Waals surface area contributed by atoms with Gasteiger partial charge in [-0.1, -0.05) is 30.3 Å². The minimum absolute atomic E-state index is 0.0991. The lowest BCUT2D eigenvalue weighted by Crippen LogP contribution is -2.03. The van der Waals surface area contributed by atoms with Gasteiger partial charge in [-0.15, -0.1) is 5.11 Å². The van der Waals surface area contributed by atoms with Gasteiger partial charge in [-0.25, -0.2) is 4.79 Å². The Morgan fingerprint density at radius 2 is 1.39 bits per heavy atom. The van der Waals surface area contributed by atoms with Crippen LogP contribution in [0.5, 0.6) is 5.75 Å². The van der Waals surface area contributed by atoms with E-state index in [1.807, 2.05) is 0 Å². The lowest BCUT2D eigenvalue weighted by molar-refractivity contribution is 0.0697. The van der Waals surface area contributed by atoms with Crippen LogP contribution in [0.25, 0.3) is 0 Å². The van der Waals surface area contributed by atoms with E-state index in [0.29, 0.717) is 11.6 Å². The molecule has 0 bridgehead atoms. The highest BCUT2D eigenvalue weighted by Gasteiger charge is 2.19. The van der Waals surface area contributed by atoms with Crippen LogP contribution in [0, 0.1) is 6.92 Å². The van der Waals surface area contributed by atoms with Crippen molar-refractivity contribution in [3.05, 3.63) is 77.4 Å². The maximum Gasteiger partial charge on any atom is 0.338 e. The van der Waals surface area contributed by atoms with Gasteiger partial charge in [-0.3, -0.25) is 9.11 Å². The van der Waals surface area contributed by atoms with Gasteiger partial charge < -0.3 is 10.2 Å². The van der Waals surface area contributed by atoms with Crippen LogP contribution in [0.4, 0.5) is 11.4 Å². The number of aromatic carboxylic acids is 1. The Hall–Kier alpha value is -4.05. The molecule has 0 aliphatic heterocycles. The maximum absolute atomic E-state index is 11.6. The molecule has 13 nitrogen and oxygen atoms in total. The first-order valence-corrected chi connectivity index (χ1v) is 12.7.